The molecule has 1 amide bonds. The molecule has 96 valence electrons. The third-order valence-corrected chi connectivity index (χ3v) is 1.81. The highest BCUT2D eigenvalue weighted by Crippen LogP contribution is 2.21. The van der Waals surface area contributed by atoms with Crippen LogP contribution in [0.5, 0.6) is 0 Å². The number of hydrogen-bond acceptors (Lipinski definition) is 2. The highest BCUT2D eigenvalue weighted by Gasteiger charge is 2.38. The lowest BCUT2D eigenvalue weighted by Crippen LogP contribution is -2.53. The van der Waals surface area contributed by atoms with E-state index >= 15 is 0 Å². The maximum absolute atomic E-state index is 12.6. The van der Waals surface area contributed by atoms with Crippen LogP contribution in [0.4, 0.5) is 17.7 Å². The third kappa shape index (κ3) is 5.87. The molecule has 3 nitrogen and oxygen atoms in total. The van der Waals surface area contributed by atoms with E-state index in [1.165, 1.54) is 13.8 Å². The maximum Gasteiger partial charge on any atom is 0.500 e. The Balaban J connectivity index is 4.49. The lowest BCUT2D eigenvalue weighted by Gasteiger charge is -2.32. The van der Waals surface area contributed by atoms with Gasteiger partial charge in [-0.15, -0.1) is 0 Å². The van der Waals surface area contributed by atoms with Crippen LogP contribution in [0.2, 0.25) is 0 Å². The Morgan fingerprint density at radius 1 is 1.25 bits per heavy atom. The molecule has 0 bridgehead atoms. The van der Waals surface area contributed by atoms with Crippen molar-refractivity contribution in [3.8, 4) is 0 Å². The van der Waals surface area contributed by atoms with Gasteiger partial charge in [0.05, 0.1) is 0 Å². The second-order valence-corrected chi connectivity index (χ2v) is 5.04. The van der Waals surface area contributed by atoms with Gasteiger partial charge in [0, 0.05) is 5.94 Å². The van der Waals surface area contributed by atoms with Gasteiger partial charge in [0.1, 0.15) is 5.60 Å². The number of ether oxygens (including phenoxy) is 1. The zero-order chi connectivity index (χ0) is 13.1. The maximum atomic E-state index is 12.6. The average molecular weight is 240 g/mol. The van der Waals surface area contributed by atoms with Crippen LogP contribution >= 0.6 is 0 Å². The number of carbonyl (C=O) groups is 1. The fraction of sp³-hybridized carbons (Fsp3) is 0.889. The second kappa shape index (κ2) is 4.97. The summed E-state index contributed by atoms with van der Waals surface area (Å²) in [4.78, 5) is 11.2. The fourth-order valence-corrected chi connectivity index (χ4v) is 1.14. The van der Waals surface area contributed by atoms with Gasteiger partial charge in [0.2, 0.25) is 0 Å². The lowest BCUT2D eigenvalue weighted by atomic mass is 9.73. The van der Waals surface area contributed by atoms with Crippen molar-refractivity contribution >= 4 is 13.1 Å². The Hall–Kier alpha value is -0.875. The normalized spacial score (nSPS) is 14.8. The van der Waals surface area contributed by atoms with Crippen molar-refractivity contribution in [1.82, 2.24) is 5.32 Å². The van der Waals surface area contributed by atoms with Crippen LogP contribution in [0.15, 0.2) is 0 Å². The van der Waals surface area contributed by atoms with E-state index < -0.39 is 30.5 Å². The Kier molecular flexibility index (Phi) is 4.70. The molecule has 0 radical (unpaired) electrons. The summed E-state index contributed by atoms with van der Waals surface area (Å²) < 4.78 is 42.4. The summed E-state index contributed by atoms with van der Waals surface area (Å²) in [6.45, 7) is 2.47. The predicted molar refractivity (Wildman–Crippen MR) is 57.1 cm³/mol. The summed E-state index contributed by atoms with van der Waals surface area (Å²) in [7, 11) is 0. The predicted octanol–water partition coefficient (Wildman–Crippen LogP) is 2.92. The molecule has 0 spiro atoms. The molecule has 16 heavy (non-hydrogen) atoms. The highest BCUT2D eigenvalue weighted by atomic mass is 19.4. The fourth-order valence-electron chi connectivity index (χ4n) is 1.14. The molecule has 0 saturated carbocycles. The Labute approximate surface area is 93.8 Å². The van der Waals surface area contributed by atoms with Gasteiger partial charge >= 0.3 is 13.1 Å². The largest absolute Gasteiger partial charge is 0.500 e. The Morgan fingerprint density at radius 2 is 1.69 bits per heavy atom. The summed E-state index contributed by atoms with van der Waals surface area (Å²) in [5.41, 5.74) is -0.801. The summed E-state index contributed by atoms with van der Waals surface area (Å²) in [5.74, 6) is -2.54. The van der Waals surface area contributed by atoms with E-state index in [9.17, 15) is 17.7 Å². The molecule has 0 fully saturated rings. The molecular weight excluding hydrogens is 222 g/mol. The SMILES string of the molecule is CC(C)[C@@H](NC(=O)OC(C)(C)C)[B-](F)(F)F. The first kappa shape index (κ1) is 15.1. The van der Waals surface area contributed by atoms with Crippen LogP contribution in [0.3, 0.4) is 0 Å². The van der Waals surface area contributed by atoms with Gasteiger partial charge in [-0.3, -0.25) is 0 Å². The quantitative estimate of drug-likeness (QED) is 0.770. The first-order valence-electron chi connectivity index (χ1n) is 5.13. The zero-order valence-corrected chi connectivity index (χ0v) is 10.2. The lowest BCUT2D eigenvalue weighted by molar-refractivity contribution is 0.0499. The second-order valence-electron chi connectivity index (χ2n) is 5.04. The van der Waals surface area contributed by atoms with Crippen LogP contribution in [-0.4, -0.2) is 24.6 Å². The van der Waals surface area contributed by atoms with Crippen LogP contribution in [0, 0.1) is 5.92 Å². The molecule has 0 aromatic carbocycles. The number of alkyl carbamates (subject to hydrolysis) is 1. The van der Waals surface area contributed by atoms with E-state index in [4.69, 9.17) is 4.74 Å². The minimum absolute atomic E-state index is 0.715. The molecule has 0 heterocycles. The summed E-state index contributed by atoms with van der Waals surface area (Å²) >= 11 is 0. The van der Waals surface area contributed by atoms with Crippen LogP contribution in [0.25, 0.3) is 0 Å². The summed E-state index contributed by atoms with van der Waals surface area (Å²) in [5, 5.41) is 1.85. The van der Waals surface area contributed by atoms with Crippen LogP contribution in [0.1, 0.15) is 34.6 Å². The molecule has 0 aliphatic rings. The van der Waals surface area contributed by atoms with E-state index in [0.29, 0.717) is 0 Å². The zero-order valence-electron chi connectivity index (χ0n) is 10.2. The van der Waals surface area contributed by atoms with Gasteiger partial charge < -0.3 is 23.0 Å². The van der Waals surface area contributed by atoms with Crippen molar-refractivity contribution in [2.75, 3.05) is 0 Å². The van der Waals surface area contributed by atoms with Gasteiger partial charge in [0.15, 0.2) is 0 Å². The number of halogens is 3. The summed E-state index contributed by atoms with van der Waals surface area (Å²) in [6, 6.07) is 0. The van der Waals surface area contributed by atoms with E-state index in [-0.39, 0.29) is 0 Å². The van der Waals surface area contributed by atoms with Crippen molar-refractivity contribution in [3.05, 3.63) is 0 Å². The van der Waals surface area contributed by atoms with Gasteiger partial charge in [-0.1, -0.05) is 19.8 Å². The van der Waals surface area contributed by atoms with E-state index in [1.807, 2.05) is 5.32 Å². The number of amides is 1. The van der Waals surface area contributed by atoms with Gasteiger partial charge in [-0.05, 0) is 20.8 Å². The number of carbonyl (C=O) groups excluding carboxylic acids is 1. The molecule has 0 aliphatic heterocycles. The molecular formula is C9H18BF3NO2-. The van der Waals surface area contributed by atoms with Crippen LogP contribution in [-0.2, 0) is 4.74 Å². The number of hydrogen-bond donors (Lipinski definition) is 1. The first-order chi connectivity index (χ1) is 6.93. The van der Waals surface area contributed by atoms with Crippen LogP contribution < -0.4 is 5.32 Å². The molecule has 0 rings (SSSR count). The average Bonchev–Trinajstić information content (AvgIpc) is 1.93. The number of rotatable bonds is 3. The summed E-state index contributed by atoms with van der Waals surface area (Å²) in [6.07, 6.45) is -1.04. The molecule has 1 N–H and O–H groups in total. The molecule has 7 heteroatoms. The minimum Gasteiger partial charge on any atom is -0.448 e. The molecule has 0 unspecified atom stereocenters. The van der Waals surface area contributed by atoms with Gasteiger partial charge in [0.25, 0.3) is 0 Å². The van der Waals surface area contributed by atoms with E-state index in [1.54, 1.807) is 20.8 Å². The van der Waals surface area contributed by atoms with E-state index in [2.05, 4.69) is 0 Å². The topological polar surface area (TPSA) is 38.3 Å². The Morgan fingerprint density at radius 3 is 1.94 bits per heavy atom. The molecule has 0 aromatic rings. The van der Waals surface area contributed by atoms with Crippen molar-refractivity contribution in [2.24, 2.45) is 5.92 Å². The molecule has 1 atom stereocenters. The first-order valence-corrected chi connectivity index (χ1v) is 5.13. The Bertz CT molecular complexity index is 248. The van der Waals surface area contributed by atoms with Crippen molar-refractivity contribution in [1.29, 1.82) is 0 Å². The molecule has 0 aromatic heterocycles. The van der Waals surface area contributed by atoms with Crippen molar-refractivity contribution in [2.45, 2.75) is 46.2 Å². The van der Waals surface area contributed by atoms with E-state index in [0.717, 1.165) is 0 Å². The highest BCUT2D eigenvalue weighted by molar-refractivity contribution is 6.60. The smallest absolute Gasteiger partial charge is 0.448 e. The van der Waals surface area contributed by atoms with Crippen molar-refractivity contribution in [3.63, 3.8) is 0 Å². The monoisotopic (exact) mass is 240 g/mol. The standard InChI is InChI=1S/C9H18BF3NO2/c1-6(2)7(10(11,12)13)14-8(15)16-9(3,4)5/h6-7H,1-5H3,(H,14,15)/q-1/t7-/m1/s1. The molecule has 0 saturated heterocycles. The number of nitrogens with one attached hydrogen (secondary N) is 1. The van der Waals surface area contributed by atoms with Crippen molar-refractivity contribution < 1.29 is 22.5 Å². The minimum atomic E-state index is -5.11. The molecule has 0 aliphatic carbocycles. The third-order valence-electron chi connectivity index (χ3n) is 1.81. The van der Waals surface area contributed by atoms with Gasteiger partial charge in [-0.2, -0.15) is 0 Å². The van der Waals surface area contributed by atoms with Gasteiger partial charge in [-0.25, -0.2) is 4.79 Å².